The van der Waals surface area contributed by atoms with Crippen LogP contribution in [0.2, 0.25) is 0 Å². The van der Waals surface area contributed by atoms with Gasteiger partial charge in [-0.05, 0) is 25.0 Å². The quantitative estimate of drug-likeness (QED) is 0.558. The van der Waals surface area contributed by atoms with Crippen LogP contribution in [-0.4, -0.2) is 58.0 Å². The van der Waals surface area contributed by atoms with Crippen molar-refractivity contribution in [1.29, 1.82) is 0 Å². The number of rotatable bonds is 6. The molecule has 4 heterocycles. The standard InChI is InChI=1S/C21H24FN7O2/c1-23-19-9-18(27-17-6-2-5-15(25-17)12-4-3-7-31-11-12)28-20-13(10-24-29(19)20)21(30)26-16-8-14(16)22/h2,5-6,9-10,12,14,16,23H,3-4,7-8,11H2,1H3,(H,26,30)(H,25,27,28)/t12-,14+,16-/m0/s1. The summed E-state index contributed by atoms with van der Waals surface area (Å²) >= 11 is 0. The summed E-state index contributed by atoms with van der Waals surface area (Å²) < 4.78 is 20.3. The average molecular weight is 425 g/mol. The molecule has 0 unspecified atom stereocenters. The van der Waals surface area contributed by atoms with Gasteiger partial charge >= 0.3 is 0 Å². The van der Waals surface area contributed by atoms with E-state index < -0.39 is 12.2 Å². The molecule has 1 saturated carbocycles. The Hall–Kier alpha value is -3.27. The molecule has 0 bridgehead atoms. The summed E-state index contributed by atoms with van der Waals surface area (Å²) in [6.45, 7) is 1.48. The van der Waals surface area contributed by atoms with Gasteiger partial charge in [-0.3, -0.25) is 4.79 Å². The zero-order valence-corrected chi connectivity index (χ0v) is 17.1. The molecule has 3 atom stereocenters. The Labute approximate surface area is 178 Å². The van der Waals surface area contributed by atoms with Gasteiger partial charge in [0.05, 0.1) is 18.8 Å². The predicted molar refractivity (Wildman–Crippen MR) is 114 cm³/mol. The Morgan fingerprint density at radius 3 is 2.90 bits per heavy atom. The van der Waals surface area contributed by atoms with Crippen LogP contribution in [0.25, 0.3) is 5.65 Å². The second kappa shape index (κ2) is 8.10. The van der Waals surface area contributed by atoms with Crippen LogP contribution in [0.3, 0.4) is 0 Å². The van der Waals surface area contributed by atoms with Crippen LogP contribution in [0.5, 0.6) is 0 Å². The maximum absolute atomic E-state index is 13.2. The van der Waals surface area contributed by atoms with E-state index in [1.54, 1.807) is 17.6 Å². The second-order valence-electron chi connectivity index (χ2n) is 7.89. The predicted octanol–water partition coefficient (Wildman–Crippen LogP) is 2.64. The molecule has 1 amide bonds. The van der Waals surface area contributed by atoms with Crippen molar-refractivity contribution in [3.05, 3.63) is 41.7 Å². The smallest absolute Gasteiger partial charge is 0.257 e. The minimum Gasteiger partial charge on any atom is -0.381 e. The van der Waals surface area contributed by atoms with E-state index in [0.717, 1.165) is 25.1 Å². The highest BCUT2D eigenvalue weighted by Crippen LogP contribution is 2.27. The first-order chi connectivity index (χ1) is 15.1. The summed E-state index contributed by atoms with van der Waals surface area (Å²) in [6.07, 6.45) is 2.90. The van der Waals surface area contributed by atoms with E-state index in [0.29, 0.717) is 41.7 Å². The maximum atomic E-state index is 13.2. The molecule has 2 fully saturated rings. The third-order valence-electron chi connectivity index (χ3n) is 5.61. The Morgan fingerprint density at radius 2 is 2.16 bits per heavy atom. The van der Waals surface area contributed by atoms with Crippen LogP contribution in [0, 0.1) is 0 Å². The molecule has 1 aliphatic carbocycles. The third kappa shape index (κ3) is 4.02. The summed E-state index contributed by atoms with van der Waals surface area (Å²) in [7, 11) is 1.76. The molecule has 1 saturated heterocycles. The van der Waals surface area contributed by atoms with E-state index in [9.17, 15) is 9.18 Å². The van der Waals surface area contributed by atoms with Gasteiger partial charge in [0.15, 0.2) is 5.65 Å². The first-order valence-electron chi connectivity index (χ1n) is 10.5. The summed E-state index contributed by atoms with van der Waals surface area (Å²) in [5, 5.41) is 13.2. The van der Waals surface area contributed by atoms with Gasteiger partial charge in [0.1, 0.15) is 29.2 Å². The Morgan fingerprint density at radius 1 is 1.29 bits per heavy atom. The van der Waals surface area contributed by atoms with Crippen molar-refractivity contribution in [1.82, 2.24) is 24.9 Å². The number of ether oxygens (including phenoxy) is 1. The zero-order chi connectivity index (χ0) is 21.4. The summed E-state index contributed by atoms with van der Waals surface area (Å²) in [6, 6.07) is 7.20. The number of fused-ring (bicyclic) bond motifs is 1. The fraction of sp³-hybridized carbons (Fsp3) is 0.429. The molecule has 10 heteroatoms. The molecular formula is C21H24FN7O2. The van der Waals surface area contributed by atoms with E-state index in [1.807, 2.05) is 18.2 Å². The number of alkyl halides is 1. The number of hydrogen-bond donors (Lipinski definition) is 3. The number of anilines is 3. The van der Waals surface area contributed by atoms with Crippen molar-refractivity contribution in [3.8, 4) is 0 Å². The highest BCUT2D eigenvalue weighted by molar-refractivity contribution is 6.00. The van der Waals surface area contributed by atoms with Gasteiger partial charge in [0.25, 0.3) is 5.91 Å². The molecule has 1 aliphatic heterocycles. The fourth-order valence-electron chi connectivity index (χ4n) is 3.78. The van der Waals surface area contributed by atoms with E-state index in [-0.39, 0.29) is 11.8 Å². The number of carbonyl (C=O) groups excluding carboxylic acids is 1. The van der Waals surface area contributed by atoms with Crippen LogP contribution in [0.4, 0.5) is 21.8 Å². The van der Waals surface area contributed by atoms with Crippen LogP contribution in [0.1, 0.15) is 41.2 Å². The molecule has 2 aliphatic rings. The first-order valence-corrected chi connectivity index (χ1v) is 10.5. The Bertz CT molecular complexity index is 1110. The van der Waals surface area contributed by atoms with Crippen molar-refractivity contribution >= 4 is 29.0 Å². The normalized spacial score (nSPS) is 22.8. The minimum absolute atomic E-state index is 0.283. The van der Waals surface area contributed by atoms with Crippen molar-refractivity contribution in [2.45, 2.75) is 37.4 Å². The van der Waals surface area contributed by atoms with E-state index >= 15 is 0 Å². The first kappa shape index (κ1) is 19.7. The molecule has 31 heavy (non-hydrogen) atoms. The van der Waals surface area contributed by atoms with Crippen molar-refractivity contribution in [2.24, 2.45) is 0 Å². The third-order valence-corrected chi connectivity index (χ3v) is 5.61. The summed E-state index contributed by atoms with van der Waals surface area (Å²) in [4.78, 5) is 21.9. The number of halogens is 1. The Balaban J connectivity index is 1.43. The van der Waals surface area contributed by atoms with E-state index in [2.05, 4.69) is 26.0 Å². The molecule has 0 radical (unpaired) electrons. The SMILES string of the molecule is CNc1cc(Nc2cccc([C@H]3CCCOC3)n2)nc2c(C(=O)N[C@H]3C[C@H]3F)cnn12. The van der Waals surface area contributed by atoms with Crippen LogP contribution < -0.4 is 16.0 Å². The lowest BCUT2D eigenvalue weighted by atomic mass is 9.98. The second-order valence-corrected chi connectivity index (χ2v) is 7.89. The topological polar surface area (TPSA) is 105 Å². The van der Waals surface area contributed by atoms with Gasteiger partial charge in [-0.15, -0.1) is 0 Å². The molecule has 3 aromatic rings. The highest BCUT2D eigenvalue weighted by atomic mass is 19.1. The van der Waals surface area contributed by atoms with Crippen LogP contribution in [-0.2, 0) is 4.74 Å². The average Bonchev–Trinajstić information content (AvgIpc) is 3.31. The van der Waals surface area contributed by atoms with Crippen LogP contribution >= 0.6 is 0 Å². The maximum Gasteiger partial charge on any atom is 0.257 e. The van der Waals surface area contributed by atoms with Gasteiger partial charge in [0, 0.05) is 37.8 Å². The van der Waals surface area contributed by atoms with Crippen LogP contribution in [0.15, 0.2) is 30.5 Å². The molecule has 0 spiro atoms. The zero-order valence-electron chi connectivity index (χ0n) is 17.1. The molecule has 9 nitrogen and oxygen atoms in total. The lowest BCUT2D eigenvalue weighted by Crippen LogP contribution is -2.27. The number of amides is 1. The number of nitrogens with one attached hydrogen (secondary N) is 3. The lowest BCUT2D eigenvalue weighted by Gasteiger charge is -2.22. The highest BCUT2D eigenvalue weighted by Gasteiger charge is 2.39. The summed E-state index contributed by atoms with van der Waals surface area (Å²) in [5.41, 5.74) is 1.65. The van der Waals surface area contributed by atoms with Gasteiger partial charge in [0.2, 0.25) is 0 Å². The van der Waals surface area contributed by atoms with Crippen molar-refractivity contribution in [3.63, 3.8) is 0 Å². The largest absolute Gasteiger partial charge is 0.381 e. The molecule has 5 rings (SSSR count). The van der Waals surface area contributed by atoms with Crippen molar-refractivity contribution in [2.75, 3.05) is 30.9 Å². The number of pyridine rings is 1. The number of nitrogens with zero attached hydrogens (tertiary/aromatic N) is 4. The van der Waals surface area contributed by atoms with Gasteiger partial charge in [-0.1, -0.05) is 6.07 Å². The molecular weight excluding hydrogens is 401 g/mol. The number of aromatic nitrogens is 4. The minimum atomic E-state index is -0.975. The number of carbonyl (C=O) groups is 1. The molecule has 3 N–H and O–H groups in total. The molecule has 0 aromatic carbocycles. The Kier molecular flexibility index (Phi) is 5.14. The van der Waals surface area contributed by atoms with E-state index in [1.165, 1.54) is 6.20 Å². The fourth-order valence-corrected chi connectivity index (χ4v) is 3.78. The monoisotopic (exact) mass is 425 g/mol. The van der Waals surface area contributed by atoms with E-state index in [4.69, 9.17) is 9.72 Å². The van der Waals surface area contributed by atoms with Crippen molar-refractivity contribution < 1.29 is 13.9 Å². The lowest BCUT2D eigenvalue weighted by molar-refractivity contribution is 0.0793. The number of hydrogen-bond acceptors (Lipinski definition) is 7. The molecule has 3 aromatic heterocycles. The van der Waals surface area contributed by atoms with Gasteiger partial charge < -0.3 is 20.7 Å². The summed E-state index contributed by atoms with van der Waals surface area (Å²) in [5.74, 6) is 1.73. The van der Waals surface area contributed by atoms with Gasteiger partial charge in [-0.2, -0.15) is 9.61 Å². The van der Waals surface area contributed by atoms with Gasteiger partial charge in [-0.25, -0.2) is 14.4 Å². The molecule has 162 valence electrons.